The molecule has 11 heteroatoms. The first-order valence-corrected chi connectivity index (χ1v) is 14.4. The molecule has 0 radical (unpaired) electrons. The fourth-order valence-electron chi connectivity index (χ4n) is 9.82. The third-order valence-corrected chi connectivity index (χ3v) is 11.8. The number of esters is 1. The molecular formula is C28H46O11. The van der Waals surface area contributed by atoms with Gasteiger partial charge < -0.3 is 50.0 Å². The van der Waals surface area contributed by atoms with Crippen molar-refractivity contribution in [1.82, 2.24) is 0 Å². The first kappa shape index (κ1) is 29.6. The van der Waals surface area contributed by atoms with E-state index in [0.29, 0.717) is 25.7 Å². The molecule has 5 fully saturated rings. The van der Waals surface area contributed by atoms with Gasteiger partial charge in [0.25, 0.3) is 0 Å². The minimum Gasteiger partial charge on any atom is -0.459 e. The maximum atomic E-state index is 12.4. The van der Waals surface area contributed by atoms with Gasteiger partial charge in [-0.25, -0.2) is 0 Å². The Labute approximate surface area is 229 Å². The summed E-state index contributed by atoms with van der Waals surface area (Å²) in [6.45, 7) is 4.48. The zero-order valence-electron chi connectivity index (χ0n) is 23.1. The lowest BCUT2D eigenvalue weighted by atomic mass is 9.40. The molecule has 4 saturated carbocycles. The largest absolute Gasteiger partial charge is 0.459 e. The van der Waals surface area contributed by atoms with Crippen LogP contribution >= 0.6 is 0 Å². The van der Waals surface area contributed by atoms with E-state index in [9.17, 15) is 40.5 Å². The standard InChI is InChI=1S/C28H46O11/c1-14(31)38-24-27-9-6-17-25(2,8-7-19(32)26(17,3)12-30)18(27)5-4-15(10-27)28(24,36)13-37-23-22(35)21(34)20(33)16(11-29)39-23/h15-24,29-30,32-36H,4-13H2,1-3H3/t15-,16-,17+,18+,19-,20-,21+,22-,23-,24-,25-,26+,27-,28+/m1/s1. The molecule has 224 valence electrons. The molecule has 2 bridgehead atoms. The van der Waals surface area contributed by atoms with Crippen molar-refractivity contribution < 1.29 is 54.8 Å². The molecule has 1 saturated heterocycles. The van der Waals surface area contributed by atoms with Crippen LogP contribution in [0.5, 0.6) is 0 Å². The predicted octanol–water partition coefficient (Wildman–Crippen LogP) is -0.548. The number of hydrogen-bond acceptors (Lipinski definition) is 11. The number of fused-ring (bicyclic) bond motifs is 3. The summed E-state index contributed by atoms with van der Waals surface area (Å²) in [6.07, 6.45) is -3.94. The molecule has 0 unspecified atom stereocenters. The number of rotatable bonds is 6. The van der Waals surface area contributed by atoms with Crippen LogP contribution in [0.4, 0.5) is 0 Å². The van der Waals surface area contributed by atoms with Crippen LogP contribution in [0.3, 0.4) is 0 Å². The van der Waals surface area contributed by atoms with Gasteiger partial charge in [0.15, 0.2) is 6.29 Å². The van der Waals surface area contributed by atoms with Crippen molar-refractivity contribution in [2.24, 2.45) is 34.0 Å². The number of hydrogen-bond donors (Lipinski definition) is 7. The van der Waals surface area contributed by atoms with Gasteiger partial charge in [-0.15, -0.1) is 0 Å². The van der Waals surface area contributed by atoms with E-state index >= 15 is 0 Å². The van der Waals surface area contributed by atoms with Crippen molar-refractivity contribution in [3.63, 3.8) is 0 Å². The van der Waals surface area contributed by atoms with E-state index in [1.807, 2.05) is 6.92 Å². The summed E-state index contributed by atoms with van der Waals surface area (Å²) in [4.78, 5) is 12.4. The Morgan fingerprint density at radius 1 is 0.949 bits per heavy atom. The van der Waals surface area contributed by atoms with Crippen LogP contribution in [0, 0.1) is 34.0 Å². The van der Waals surface area contributed by atoms with Gasteiger partial charge in [0, 0.05) is 17.8 Å². The van der Waals surface area contributed by atoms with Gasteiger partial charge >= 0.3 is 5.97 Å². The SMILES string of the molecule is CC(=O)O[C@H]1[C@](O)(CO[C@@H]2O[C@H](CO)[C@@H](O)[C@H](O)[C@H]2O)[C@@H]2CC[C@H]3[C@]4(C)CC[C@@H](O)[C@@](C)(CO)[C@H]4CC[C@@]31C2. The van der Waals surface area contributed by atoms with Gasteiger partial charge in [-0.05, 0) is 68.1 Å². The Bertz CT molecular complexity index is 931. The zero-order chi connectivity index (χ0) is 28.5. The van der Waals surface area contributed by atoms with Crippen molar-refractivity contribution in [2.45, 2.75) is 114 Å². The highest BCUT2D eigenvalue weighted by molar-refractivity contribution is 5.66. The molecule has 4 aliphatic carbocycles. The summed E-state index contributed by atoms with van der Waals surface area (Å²) in [5.74, 6) is -0.605. The van der Waals surface area contributed by atoms with E-state index in [2.05, 4.69) is 6.92 Å². The Balaban J connectivity index is 1.45. The number of aliphatic hydroxyl groups is 7. The average Bonchev–Trinajstić information content (AvgIpc) is 3.07. The number of carbonyl (C=O) groups is 1. The average molecular weight is 559 g/mol. The highest BCUT2D eigenvalue weighted by Gasteiger charge is 2.74. The summed E-state index contributed by atoms with van der Waals surface area (Å²) >= 11 is 0. The molecule has 0 amide bonds. The van der Waals surface area contributed by atoms with Crippen LogP contribution < -0.4 is 0 Å². The topological polar surface area (TPSA) is 186 Å². The first-order valence-electron chi connectivity index (χ1n) is 14.4. The molecule has 0 aromatic carbocycles. The van der Waals surface area contributed by atoms with E-state index in [1.165, 1.54) is 6.92 Å². The summed E-state index contributed by atoms with van der Waals surface area (Å²) in [6, 6.07) is 0. The van der Waals surface area contributed by atoms with Crippen LogP contribution in [-0.4, -0.2) is 110 Å². The second-order valence-electron chi connectivity index (χ2n) is 13.6. The highest BCUT2D eigenvalue weighted by atomic mass is 16.7. The van der Waals surface area contributed by atoms with E-state index < -0.39 is 71.9 Å². The molecule has 5 aliphatic rings. The monoisotopic (exact) mass is 558 g/mol. The first-order chi connectivity index (χ1) is 18.3. The molecule has 1 spiro atoms. The molecule has 5 rings (SSSR count). The molecule has 7 N–H and O–H groups in total. The van der Waals surface area contributed by atoms with E-state index in [4.69, 9.17) is 14.2 Å². The van der Waals surface area contributed by atoms with Gasteiger partial charge in [-0.1, -0.05) is 13.8 Å². The number of aliphatic hydroxyl groups excluding tert-OH is 6. The number of ether oxygens (including phenoxy) is 3. The Morgan fingerprint density at radius 2 is 1.67 bits per heavy atom. The van der Waals surface area contributed by atoms with Crippen molar-refractivity contribution in [3.05, 3.63) is 0 Å². The van der Waals surface area contributed by atoms with Gasteiger partial charge in [0.2, 0.25) is 0 Å². The quantitative estimate of drug-likeness (QED) is 0.207. The third kappa shape index (κ3) is 4.22. The summed E-state index contributed by atoms with van der Waals surface area (Å²) in [5, 5.41) is 73.8. The summed E-state index contributed by atoms with van der Waals surface area (Å²) in [5.41, 5.74) is -2.98. The normalized spacial score (nSPS) is 55.0. The van der Waals surface area contributed by atoms with E-state index in [0.717, 1.165) is 19.3 Å². The second kappa shape index (κ2) is 10.1. The smallest absolute Gasteiger partial charge is 0.303 e. The van der Waals surface area contributed by atoms with Crippen molar-refractivity contribution in [3.8, 4) is 0 Å². The molecule has 39 heavy (non-hydrogen) atoms. The lowest BCUT2D eigenvalue weighted by Crippen LogP contribution is -2.64. The third-order valence-electron chi connectivity index (χ3n) is 11.8. The predicted molar refractivity (Wildman–Crippen MR) is 135 cm³/mol. The highest BCUT2D eigenvalue weighted by Crippen LogP contribution is 2.73. The Hall–Kier alpha value is -0.890. The van der Waals surface area contributed by atoms with Crippen molar-refractivity contribution in [2.75, 3.05) is 19.8 Å². The lowest BCUT2D eigenvalue weighted by molar-refractivity contribution is -0.313. The summed E-state index contributed by atoms with van der Waals surface area (Å²) < 4.78 is 17.3. The van der Waals surface area contributed by atoms with Gasteiger partial charge in [-0.2, -0.15) is 0 Å². The molecule has 0 aromatic heterocycles. The van der Waals surface area contributed by atoms with E-state index in [1.54, 1.807) is 0 Å². The fraction of sp³-hybridized carbons (Fsp3) is 0.964. The van der Waals surface area contributed by atoms with Gasteiger partial charge in [0.1, 0.15) is 36.1 Å². The van der Waals surface area contributed by atoms with Crippen molar-refractivity contribution in [1.29, 1.82) is 0 Å². The van der Waals surface area contributed by atoms with Crippen LogP contribution in [-0.2, 0) is 19.0 Å². The molecule has 11 nitrogen and oxygen atoms in total. The lowest BCUT2D eigenvalue weighted by Gasteiger charge is -2.65. The Kier molecular flexibility index (Phi) is 7.69. The second-order valence-corrected chi connectivity index (χ2v) is 13.6. The van der Waals surface area contributed by atoms with E-state index in [-0.39, 0.29) is 36.4 Å². The molecule has 1 aliphatic heterocycles. The molecule has 0 aromatic rings. The minimum absolute atomic E-state index is 0.0722. The van der Waals surface area contributed by atoms with Gasteiger partial charge in [-0.3, -0.25) is 4.79 Å². The van der Waals surface area contributed by atoms with Gasteiger partial charge in [0.05, 0.1) is 25.9 Å². The maximum Gasteiger partial charge on any atom is 0.303 e. The van der Waals surface area contributed by atoms with Crippen LogP contribution in [0.15, 0.2) is 0 Å². The minimum atomic E-state index is -1.61. The number of carbonyl (C=O) groups excluding carboxylic acids is 1. The fourth-order valence-corrected chi connectivity index (χ4v) is 9.82. The summed E-state index contributed by atoms with van der Waals surface area (Å²) in [7, 11) is 0. The molecule has 1 heterocycles. The van der Waals surface area contributed by atoms with Crippen LogP contribution in [0.25, 0.3) is 0 Å². The Morgan fingerprint density at radius 3 is 2.31 bits per heavy atom. The maximum absolute atomic E-state index is 12.4. The molecule has 14 atom stereocenters. The van der Waals surface area contributed by atoms with Crippen LogP contribution in [0.2, 0.25) is 0 Å². The van der Waals surface area contributed by atoms with Crippen LogP contribution in [0.1, 0.15) is 65.7 Å². The zero-order valence-corrected chi connectivity index (χ0v) is 23.1. The molecular weight excluding hydrogens is 512 g/mol. The van der Waals surface area contributed by atoms with Crippen molar-refractivity contribution >= 4 is 5.97 Å².